The molecule has 1 aliphatic heterocycles. The number of terminal acetylenes is 1. The van der Waals surface area contributed by atoms with E-state index in [1.165, 1.54) is 5.01 Å². The van der Waals surface area contributed by atoms with Gasteiger partial charge >= 0.3 is 0 Å². The predicted molar refractivity (Wildman–Crippen MR) is 101 cm³/mol. The van der Waals surface area contributed by atoms with Gasteiger partial charge in [-0.1, -0.05) is 12.0 Å². The van der Waals surface area contributed by atoms with E-state index in [2.05, 4.69) is 11.0 Å². The molecule has 3 aromatic rings. The van der Waals surface area contributed by atoms with E-state index in [1.54, 1.807) is 12.3 Å². The molecule has 1 atom stereocenters. The van der Waals surface area contributed by atoms with E-state index in [-0.39, 0.29) is 24.4 Å². The van der Waals surface area contributed by atoms with E-state index < -0.39 is 0 Å². The number of hydrogen-bond donors (Lipinski definition) is 0. The van der Waals surface area contributed by atoms with Crippen LogP contribution in [-0.2, 0) is 4.79 Å². The van der Waals surface area contributed by atoms with Crippen LogP contribution in [0.25, 0.3) is 11.0 Å². The largest absolute Gasteiger partial charge is 0.480 e. The van der Waals surface area contributed by atoms with Crippen LogP contribution >= 0.6 is 11.6 Å². The first-order valence-electron chi connectivity index (χ1n) is 8.29. The van der Waals surface area contributed by atoms with Gasteiger partial charge in [-0.05, 0) is 30.3 Å². The third-order valence-corrected chi connectivity index (χ3v) is 4.50. The maximum Gasteiger partial charge on any atom is 0.258 e. The number of hydrazone groups is 1. The molecule has 0 saturated heterocycles. The molecule has 0 spiro atoms. The fourth-order valence-corrected chi connectivity index (χ4v) is 3.20. The summed E-state index contributed by atoms with van der Waals surface area (Å²) in [4.78, 5) is 12.2. The zero-order valence-electron chi connectivity index (χ0n) is 14.2. The number of ether oxygens (including phenoxy) is 1. The maximum atomic E-state index is 12.2. The van der Waals surface area contributed by atoms with Crippen LogP contribution in [0, 0.1) is 12.3 Å². The highest BCUT2D eigenvalue weighted by Crippen LogP contribution is 2.36. The lowest BCUT2D eigenvalue weighted by atomic mass is 10.1. The van der Waals surface area contributed by atoms with E-state index in [9.17, 15) is 4.79 Å². The summed E-state index contributed by atoms with van der Waals surface area (Å²) in [5.41, 5.74) is 1.29. The van der Waals surface area contributed by atoms with Gasteiger partial charge in [-0.2, -0.15) is 5.10 Å². The van der Waals surface area contributed by atoms with Gasteiger partial charge in [0.15, 0.2) is 5.76 Å². The molecule has 0 saturated carbocycles. The van der Waals surface area contributed by atoms with E-state index in [0.717, 1.165) is 5.39 Å². The molecular weight excluding hydrogens is 368 g/mol. The minimum absolute atomic E-state index is 0.166. The molecular formula is C20H15ClN2O4. The van der Waals surface area contributed by atoms with Gasteiger partial charge in [0.25, 0.3) is 5.91 Å². The average Bonchev–Trinajstić information content (AvgIpc) is 3.43. The number of furan rings is 2. The SMILES string of the molecule is C#CCOc1cccc2oc(C3=NN(C(=O)CCl)C(c4ccco4)C3)cc12. The van der Waals surface area contributed by atoms with Crippen molar-refractivity contribution in [2.45, 2.75) is 12.5 Å². The van der Waals surface area contributed by atoms with E-state index in [4.69, 9.17) is 31.6 Å². The van der Waals surface area contributed by atoms with Crippen LogP contribution in [0.4, 0.5) is 0 Å². The third-order valence-electron chi connectivity index (χ3n) is 4.27. The fourth-order valence-electron chi connectivity index (χ4n) is 3.07. The van der Waals surface area contributed by atoms with Gasteiger partial charge in [0.05, 0.1) is 11.6 Å². The number of carbonyl (C=O) groups is 1. The summed E-state index contributed by atoms with van der Waals surface area (Å²) < 4.78 is 17.0. The van der Waals surface area contributed by atoms with Crippen LogP contribution in [-0.4, -0.2) is 29.1 Å². The fraction of sp³-hybridized carbons (Fsp3) is 0.200. The zero-order valence-corrected chi connectivity index (χ0v) is 15.0. The van der Waals surface area contributed by atoms with E-state index >= 15 is 0 Å². The van der Waals surface area contributed by atoms with Gasteiger partial charge in [-0.25, -0.2) is 5.01 Å². The molecule has 2 aromatic heterocycles. The van der Waals surface area contributed by atoms with Crippen molar-refractivity contribution in [3.8, 4) is 18.1 Å². The van der Waals surface area contributed by atoms with Crippen molar-refractivity contribution in [2.24, 2.45) is 5.10 Å². The topological polar surface area (TPSA) is 68.2 Å². The quantitative estimate of drug-likeness (QED) is 0.495. The summed E-state index contributed by atoms with van der Waals surface area (Å²) in [7, 11) is 0. The molecule has 6 nitrogen and oxygen atoms in total. The van der Waals surface area contributed by atoms with Crippen molar-refractivity contribution < 1.29 is 18.4 Å². The minimum Gasteiger partial charge on any atom is -0.480 e. The Morgan fingerprint density at radius 1 is 1.41 bits per heavy atom. The van der Waals surface area contributed by atoms with Crippen molar-refractivity contribution in [1.82, 2.24) is 5.01 Å². The summed E-state index contributed by atoms with van der Waals surface area (Å²) in [6.45, 7) is 0.166. The summed E-state index contributed by atoms with van der Waals surface area (Å²) in [6, 6.07) is 10.6. The molecule has 1 unspecified atom stereocenters. The molecule has 0 fully saturated rings. The lowest BCUT2D eigenvalue weighted by Gasteiger charge is -2.18. The molecule has 3 heterocycles. The Hall–Kier alpha value is -3.17. The zero-order chi connectivity index (χ0) is 18.8. The molecule has 136 valence electrons. The Kier molecular flexibility index (Phi) is 4.61. The molecule has 0 aliphatic carbocycles. The highest BCUT2D eigenvalue weighted by atomic mass is 35.5. The monoisotopic (exact) mass is 382 g/mol. The van der Waals surface area contributed by atoms with Crippen LogP contribution in [0.15, 0.2) is 56.6 Å². The second kappa shape index (κ2) is 7.22. The molecule has 0 bridgehead atoms. The number of benzene rings is 1. The van der Waals surface area contributed by atoms with Gasteiger partial charge in [0.1, 0.15) is 41.3 Å². The third kappa shape index (κ3) is 3.18. The predicted octanol–water partition coefficient (Wildman–Crippen LogP) is 3.95. The van der Waals surface area contributed by atoms with E-state index in [1.807, 2.05) is 30.3 Å². The Morgan fingerprint density at radius 3 is 3.04 bits per heavy atom. The Labute approximate surface area is 160 Å². The first kappa shape index (κ1) is 17.3. The molecule has 1 amide bonds. The number of alkyl halides is 1. The van der Waals surface area contributed by atoms with Crippen molar-refractivity contribution in [3.63, 3.8) is 0 Å². The van der Waals surface area contributed by atoms with Crippen molar-refractivity contribution in [1.29, 1.82) is 0 Å². The molecule has 4 rings (SSSR count). The van der Waals surface area contributed by atoms with Crippen LogP contribution in [0.2, 0.25) is 0 Å². The number of amides is 1. The Morgan fingerprint density at radius 2 is 2.30 bits per heavy atom. The summed E-state index contributed by atoms with van der Waals surface area (Å²) in [5.74, 6) is 3.81. The molecule has 0 N–H and O–H groups in total. The normalized spacial score (nSPS) is 16.4. The molecule has 27 heavy (non-hydrogen) atoms. The number of rotatable bonds is 5. The van der Waals surface area contributed by atoms with E-state index in [0.29, 0.717) is 35.0 Å². The lowest BCUT2D eigenvalue weighted by molar-refractivity contribution is -0.130. The van der Waals surface area contributed by atoms with Gasteiger partial charge in [0.2, 0.25) is 0 Å². The number of hydrogen-bond acceptors (Lipinski definition) is 5. The number of carbonyl (C=O) groups excluding carboxylic acids is 1. The first-order chi connectivity index (χ1) is 13.2. The Balaban J connectivity index is 1.70. The van der Waals surface area contributed by atoms with Gasteiger partial charge < -0.3 is 13.6 Å². The number of halogens is 1. The summed E-state index contributed by atoms with van der Waals surface area (Å²) >= 11 is 5.74. The van der Waals surface area contributed by atoms with Crippen LogP contribution < -0.4 is 4.74 Å². The summed E-state index contributed by atoms with van der Waals surface area (Å²) in [6.07, 6.45) is 7.29. The highest BCUT2D eigenvalue weighted by Gasteiger charge is 2.35. The molecule has 7 heteroatoms. The smallest absolute Gasteiger partial charge is 0.258 e. The second-order valence-electron chi connectivity index (χ2n) is 5.93. The highest BCUT2D eigenvalue weighted by molar-refractivity contribution is 6.27. The lowest BCUT2D eigenvalue weighted by Crippen LogP contribution is -2.27. The molecule has 0 radical (unpaired) electrons. The van der Waals surface area contributed by atoms with Crippen LogP contribution in [0.1, 0.15) is 24.0 Å². The van der Waals surface area contributed by atoms with Crippen molar-refractivity contribution in [3.05, 3.63) is 54.2 Å². The Bertz CT molecular complexity index is 1050. The standard InChI is InChI=1S/C20H15ClN2O4/c1-2-8-25-16-5-3-6-17-13(16)10-19(27-17)14-11-15(18-7-4-9-26-18)23(22-14)20(24)12-21/h1,3-7,9-10,15H,8,11-12H2. The van der Waals surface area contributed by atoms with Crippen molar-refractivity contribution in [2.75, 3.05) is 12.5 Å². The number of nitrogens with zero attached hydrogens (tertiary/aromatic N) is 2. The van der Waals surface area contributed by atoms with Gasteiger partial charge in [-0.3, -0.25) is 4.79 Å². The number of fused-ring (bicyclic) bond motifs is 1. The van der Waals surface area contributed by atoms with Gasteiger partial charge in [-0.15, -0.1) is 18.0 Å². The average molecular weight is 383 g/mol. The second-order valence-corrected chi connectivity index (χ2v) is 6.19. The minimum atomic E-state index is -0.355. The molecule has 1 aliphatic rings. The summed E-state index contributed by atoms with van der Waals surface area (Å²) in [5, 5.41) is 6.59. The van der Waals surface area contributed by atoms with Crippen LogP contribution in [0.5, 0.6) is 5.75 Å². The van der Waals surface area contributed by atoms with Crippen molar-refractivity contribution >= 4 is 34.2 Å². The van der Waals surface area contributed by atoms with Crippen LogP contribution in [0.3, 0.4) is 0 Å². The molecule has 1 aromatic carbocycles. The maximum absolute atomic E-state index is 12.2. The first-order valence-corrected chi connectivity index (χ1v) is 8.83. The van der Waals surface area contributed by atoms with Gasteiger partial charge in [0, 0.05) is 6.42 Å².